The number of rotatable bonds is 3. The van der Waals surface area contributed by atoms with Gasteiger partial charge in [-0.1, -0.05) is 12.1 Å². The molecule has 2 aliphatic heterocycles. The van der Waals surface area contributed by atoms with Crippen molar-refractivity contribution in [2.45, 2.75) is 26.7 Å². The summed E-state index contributed by atoms with van der Waals surface area (Å²) in [5, 5.41) is 0. The van der Waals surface area contributed by atoms with Gasteiger partial charge in [0, 0.05) is 13.1 Å². The summed E-state index contributed by atoms with van der Waals surface area (Å²) in [6, 6.07) is 3.91. The quantitative estimate of drug-likeness (QED) is 0.789. The number of ketones is 1. The summed E-state index contributed by atoms with van der Waals surface area (Å²) in [6.07, 6.45) is 2.48. The number of anilines is 1. The van der Waals surface area contributed by atoms with E-state index in [1.165, 1.54) is 12.8 Å². The Kier molecular flexibility index (Phi) is 3.34. The second kappa shape index (κ2) is 5.02. The number of Topliss-reactive ketones (excluding diaryl/α,β-unsaturated/α-hetero) is 1. The van der Waals surface area contributed by atoms with Crippen molar-refractivity contribution in [3.63, 3.8) is 0 Å². The molecule has 0 saturated carbocycles. The second-order valence-corrected chi connectivity index (χ2v) is 5.76. The fraction of sp³-hybridized carbons (Fsp3) is 0.500. The number of amides is 1. The Morgan fingerprint density at radius 2 is 1.65 bits per heavy atom. The normalized spacial score (nSPS) is 19.0. The smallest absolute Gasteiger partial charge is 0.299 e. The van der Waals surface area contributed by atoms with Gasteiger partial charge in [-0.25, -0.2) is 0 Å². The lowest BCUT2D eigenvalue weighted by molar-refractivity contribution is -0.114. The molecule has 2 heterocycles. The van der Waals surface area contributed by atoms with Crippen LogP contribution in [0.15, 0.2) is 12.1 Å². The van der Waals surface area contributed by atoms with Gasteiger partial charge in [-0.05, 0) is 50.9 Å². The number of carbonyl (C=O) groups excluding carboxylic acids is 2. The molecule has 0 spiro atoms. The zero-order valence-corrected chi connectivity index (χ0v) is 12.1. The van der Waals surface area contributed by atoms with E-state index < -0.39 is 0 Å². The summed E-state index contributed by atoms with van der Waals surface area (Å²) >= 11 is 0. The van der Waals surface area contributed by atoms with Crippen molar-refractivity contribution in [3.05, 3.63) is 28.8 Å². The molecule has 2 aliphatic rings. The monoisotopic (exact) mass is 272 g/mol. The first-order valence-electron chi connectivity index (χ1n) is 7.28. The van der Waals surface area contributed by atoms with Crippen LogP contribution in [0.1, 0.15) is 34.3 Å². The van der Waals surface area contributed by atoms with E-state index in [0.29, 0.717) is 12.1 Å². The predicted octanol–water partition coefficient (Wildman–Crippen LogP) is 1.93. The van der Waals surface area contributed by atoms with Crippen molar-refractivity contribution in [3.8, 4) is 0 Å². The van der Waals surface area contributed by atoms with Gasteiger partial charge in [-0.2, -0.15) is 0 Å². The molecule has 0 N–H and O–H groups in total. The largest absolute Gasteiger partial charge is 0.303 e. The minimum absolute atomic E-state index is 0.345. The van der Waals surface area contributed by atoms with Gasteiger partial charge in [0.2, 0.25) is 0 Å². The molecule has 0 aromatic heterocycles. The van der Waals surface area contributed by atoms with Crippen LogP contribution in [0.4, 0.5) is 5.69 Å². The molecule has 0 radical (unpaired) electrons. The van der Waals surface area contributed by atoms with Gasteiger partial charge < -0.3 is 9.80 Å². The Morgan fingerprint density at radius 1 is 1.00 bits per heavy atom. The minimum Gasteiger partial charge on any atom is -0.303 e. The van der Waals surface area contributed by atoms with E-state index in [2.05, 4.69) is 4.90 Å². The first-order chi connectivity index (χ1) is 9.59. The van der Waals surface area contributed by atoms with E-state index in [0.717, 1.165) is 36.4 Å². The lowest BCUT2D eigenvalue weighted by Crippen LogP contribution is -2.37. The molecular formula is C16H20N2O2. The van der Waals surface area contributed by atoms with Crippen LogP contribution in [0.5, 0.6) is 0 Å². The molecular weight excluding hydrogens is 252 g/mol. The average molecular weight is 272 g/mol. The summed E-state index contributed by atoms with van der Waals surface area (Å²) in [4.78, 5) is 28.4. The second-order valence-electron chi connectivity index (χ2n) is 5.76. The van der Waals surface area contributed by atoms with Gasteiger partial charge in [0.25, 0.3) is 11.7 Å². The highest BCUT2D eigenvalue weighted by Crippen LogP contribution is 2.34. The zero-order chi connectivity index (χ0) is 14.3. The van der Waals surface area contributed by atoms with Crippen LogP contribution in [-0.2, 0) is 4.79 Å². The van der Waals surface area contributed by atoms with Crippen LogP contribution in [0.2, 0.25) is 0 Å². The van der Waals surface area contributed by atoms with Crippen molar-refractivity contribution >= 4 is 17.4 Å². The first kappa shape index (κ1) is 13.3. The Labute approximate surface area is 119 Å². The van der Waals surface area contributed by atoms with E-state index in [4.69, 9.17) is 0 Å². The highest BCUT2D eigenvalue weighted by Gasteiger charge is 2.38. The molecule has 1 aromatic carbocycles. The number of likely N-dealkylation sites (tertiary alicyclic amines) is 1. The molecule has 1 amide bonds. The molecule has 4 heteroatoms. The van der Waals surface area contributed by atoms with Gasteiger partial charge in [0.05, 0.1) is 11.3 Å². The molecule has 20 heavy (non-hydrogen) atoms. The maximum Gasteiger partial charge on any atom is 0.299 e. The van der Waals surface area contributed by atoms with E-state index in [9.17, 15) is 9.59 Å². The van der Waals surface area contributed by atoms with Crippen molar-refractivity contribution in [2.24, 2.45) is 0 Å². The number of fused-ring (bicyclic) bond motifs is 1. The third kappa shape index (κ3) is 2.04. The molecule has 1 saturated heterocycles. The van der Waals surface area contributed by atoms with E-state index >= 15 is 0 Å². The number of aryl methyl sites for hydroxylation is 2. The SMILES string of the molecule is Cc1ccc(C)c2c1C(=O)C(=O)N2CCN1CCCC1. The Morgan fingerprint density at radius 3 is 2.35 bits per heavy atom. The molecule has 106 valence electrons. The lowest BCUT2D eigenvalue weighted by atomic mass is 10.0. The van der Waals surface area contributed by atoms with Gasteiger partial charge in [0.15, 0.2) is 0 Å². The third-order valence-corrected chi connectivity index (χ3v) is 4.36. The van der Waals surface area contributed by atoms with E-state index in [1.54, 1.807) is 4.90 Å². The maximum absolute atomic E-state index is 12.2. The Balaban J connectivity index is 1.87. The van der Waals surface area contributed by atoms with Crippen molar-refractivity contribution < 1.29 is 9.59 Å². The Bertz CT molecular complexity index is 574. The van der Waals surface area contributed by atoms with Crippen LogP contribution in [0.3, 0.4) is 0 Å². The van der Waals surface area contributed by atoms with Crippen LogP contribution in [-0.4, -0.2) is 42.8 Å². The van der Waals surface area contributed by atoms with E-state index in [1.807, 2.05) is 26.0 Å². The average Bonchev–Trinajstić information content (AvgIpc) is 3.02. The third-order valence-electron chi connectivity index (χ3n) is 4.36. The topological polar surface area (TPSA) is 40.6 Å². The molecule has 1 fully saturated rings. The number of nitrogens with zero attached hydrogens (tertiary/aromatic N) is 2. The number of hydrogen-bond donors (Lipinski definition) is 0. The van der Waals surface area contributed by atoms with Crippen molar-refractivity contribution in [2.75, 3.05) is 31.1 Å². The molecule has 0 aliphatic carbocycles. The Hall–Kier alpha value is -1.68. The van der Waals surface area contributed by atoms with E-state index in [-0.39, 0.29) is 11.7 Å². The molecule has 0 bridgehead atoms. The van der Waals surface area contributed by atoms with Crippen LogP contribution in [0, 0.1) is 13.8 Å². The molecule has 4 nitrogen and oxygen atoms in total. The van der Waals surface area contributed by atoms with Crippen molar-refractivity contribution in [1.82, 2.24) is 4.90 Å². The van der Waals surface area contributed by atoms with Crippen LogP contribution in [0.25, 0.3) is 0 Å². The molecule has 0 unspecified atom stereocenters. The van der Waals surface area contributed by atoms with Crippen molar-refractivity contribution in [1.29, 1.82) is 0 Å². The van der Waals surface area contributed by atoms with Gasteiger partial charge >= 0.3 is 0 Å². The van der Waals surface area contributed by atoms with Crippen LogP contribution < -0.4 is 4.90 Å². The maximum atomic E-state index is 12.2. The lowest BCUT2D eigenvalue weighted by Gasteiger charge is -2.22. The van der Waals surface area contributed by atoms with Gasteiger partial charge in [0.1, 0.15) is 0 Å². The number of carbonyl (C=O) groups is 2. The highest BCUT2D eigenvalue weighted by molar-refractivity contribution is 6.52. The fourth-order valence-electron chi connectivity index (χ4n) is 3.22. The fourth-order valence-corrected chi connectivity index (χ4v) is 3.22. The summed E-state index contributed by atoms with van der Waals surface area (Å²) < 4.78 is 0. The molecule has 3 rings (SSSR count). The van der Waals surface area contributed by atoms with Crippen LogP contribution >= 0.6 is 0 Å². The standard InChI is InChI=1S/C16H20N2O2/c1-11-5-6-12(2)14-13(11)15(19)16(20)18(14)10-9-17-7-3-4-8-17/h5-6H,3-4,7-10H2,1-2H3. The zero-order valence-electron chi connectivity index (χ0n) is 12.1. The minimum atomic E-state index is -0.364. The molecule has 1 aromatic rings. The summed E-state index contributed by atoms with van der Waals surface area (Å²) in [5.41, 5.74) is 3.34. The number of hydrogen-bond acceptors (Lipinski definition) is 3. The summed E-state index contributed by atoms with van der Waals surface area (Å²) in [6.45, 7) is 7.54. The first-order valence-corrected chi connectivity index (χ1v) is 7.28. The highest BCUT2D eigenvalue weighted by atomic mass is 16.2. The van der Waals surface area contributed by atoms with Gasteiger partial charge in [-0.3, -0.25) is 9.59 Å². The predicted molar refractivity (Wildman–Crippen MR) is 78.3 cm³/mol. The van der Waals surface area contributed by atoms with Gasteiger partial charge in [-0.15, -0.1) is 0 Å². The summed E-state index contributed by atoms with van der Waals surface area (Å²) in [5.74, 6) is -0.709. The summed E-state index contributed by atoms with van der Waals surface area (Å²) in [7, 11) is 0. The number of benzene rings is 1. The molecule has 0 atom stereocenters.